The van der Waals surface area contributed by atoms with Crippen molar-refractivity contribution < 1.29 is 13.7 Å². The molecule has 1 aliphatic rings. The predicted octanol–water partition coefficient (Wildman–Crippen LogP) is 3.38. The molecule has 5 rings (SSSR count). The molecule has 0 saturated carbocycles. The molecule has 0 fully saturated rings. The van der Waals surface area contributed by atoms with Gasteiger partial charge in [0.15, 0.2) is 0 Å². The van der Waals surface area contributed by atoms with E-state index in [9.17, 15) is 9.18 Å². The molecule has 0 unspecified atom stereocenters. The number of thioether (sulfide) groups is 1. The fraction of sp³-hybridized carbons (Fsp3) is 0.167. The minimum absolute atomic E-state index is 0.0945. The number of anilines is 1. The lowest BCUT2D eigenvalue weighted by Gasteiger charge is -2.12. The van der Waals surface area contributed by atoms with Crippen LogP contribution in [0.4, 0.5) is 10.1 Å². The second-order valence-electron chi connectivity index (χ2n) is 7.51. The Balaban J connectivity index is 1.60. The molecule has 33 heavy (non-hydrogen) atoms. The van der Waals surface area contributed by atoms with E-state index in [0.717, 1.165) is 30.6 Å². The molecular formula is C24H21FN3O2S3+. The summed E-state index contributed by atoms with van der Waals surface area (Å²) in [6.07, 6.45) is 5.83. The number of aromatic nitrogens is 2. The summed E-state index contributed by atoms with van der Waals surface area (Å²) in [4.78, 5) is 16.4. The van der Waals surface area contributed by atoms with E-state index in [-0.39, 0.29) is 18.1 Å². The summed E-state index contributed by atoms with van der Waals surface area (Å²) in [5.74, 6) is -0.267. The molecule has 0 spiro atoms. The number of para-hydroxylation sites is 1. The lowest BCUT2D eigenvalue weighted by atomic mass is 10.3. The van der Waals surface area contributed by atoms with Crippen LogP contribution in [0.5, 0.6) is 0 Å². The fourth-order valence-electron chi connectivity index (χ4n) is 3.69. The lowest BCUT2D eigenvalue weighted by Crippen LogP contribution is -2.33. The number of halogens is 1. The number of benzene rings is 2. The van der Waals surface area contributed by atoms with Gasteiger partial charge in [-0.25, -0.2) is 4.39 Å². The third-order valence-corrected chi connectivity index (χ3v) is 8.85. The van der Waals surface area contributed by atoms with Gasteiger partial charge < -0.3 is 9.64 Å². The van der Waals surface area contributed by atoms with Crippen molar-refractivity contribution in [1.82, 2.24) is 4.57 Å². The van der Waals surface area contributed by atoms with Gasteiger partial charge in [0, 0.05) is 25.1 Å². The van der Waals surface area contributed by atoms with Gasteiger partial charge in [-0.05, 0) is 36.4 Å². The van der Waals surface area contributed by atoms with Crippen molar-refractivity contribution in [3.8, 4) is 0 Å². The maximum atomic E-state index is 13.7. The van der Waals surface area contributed by atoms with Gasteiger partial charge in [0.1, 0.15) is 29.0 Å². The third kappa shape index (κ3) is 4.06. The monoisotopic (exact) mass is 498 g/mol. The molecule has 4 aromatic rings. The van der Waals surface area contributed by atoms with Gasteiger partial charge in [0.05, 0.1) is 21.3 Å². The fourth-order valence-corrected chi connectivity index (χ4v) is 6.86. The number of hydrogen-bond acceptors (Lipinski definition) is 6. The van der Waals surface area contributed by atoms with Crippen LogP contribution >= 0.6 is 34.4 Å². The zero-order chi connectivity index (χ0) is 23.1. The maximum absolute atomic E-state index is 13.7. The zero-order valence-electron chi connectivity index (χ0n) is 18.2. The van der Waals surface area contributed by atoms with E-state index < -0.39 is 0 Å². The number of aryl methyl sites for hydroxylation is 1. The third-order valence-electron chi connectivity index (χ3n) is 5.42. The van der Waals surface area contributed by atoms with Gasteiger partial charge in [0.25, 0.3) is 10.6 Å². The normalized spacial score (nSPS) is 15.9. The highest BCUT2D eigenvalue weighted by atomic mass is 32.2. The molecule has 0 saturated heterocycles. The average Bonchev–Trinajstić information content (AvgIpc) is 3.40. The highest BCUT2D eigenvalue weighted by molar-refractivity contribution is 8.03. The quantitative estimate of drug-likeness (QED) is 0.405. The first-order valence-electron chi connectivity index (χ1n) is 10.2. The molecule has 9 heteroatoms. The van der Waals surface area contributed by atoms with Gasteiger partial charge in [0.2, 0.25) is 5.52 Å². The summed E-state index contributed by atoms with van der Waals surface area (Å²) in [6, 6.07) is 13.0. The minimum Gasteiger partial charge on any atom is -0.364 e. The van der Waals surface area contributed by atoms with Crippen molar-refractivity contribution in [2.75, 3.05) is 19.1 Å². The van der Waals surface area contributed by atoms with E-state index in [4.69, 9.17) is 4.74 Å². The Morgan fingerprint density at radius 2 is 1.97 bits per heavy atom. The van der Waals surface area contributed by atoms with E-state index in [1.54, 1.807) is 40.8 Å². The van der Waals surface area contributed by atoms with E-state index >= 15 is 0 Å². The summed E-state index contributed by atoms with van der Waals surface area (Å²) in [5.41, 5.74) is 1.89. The number of ether oxygens (including phenoxy) is 1. The van der Waals surface area contributed by atoms with Gasteiger partial charge in [-0.2, -0.15) is 4.57 Å². The second kappa shape index (κ2) is 8.90. The summed E-state index contributed by atoms with van der Waals surface area (Å²) in [7, 11) is 5.50. The molecule has 0 radical (unpaired) electrons. The number of rotatable bonds is 4. The Kier molecular flexibility index (Phi) is 5.96. The van der Waals surface area contributed by atoms with E-state index in [1.165, 1.54) is 28.4 Å². The number of methoxy groups -OCH3 is 1. The van der Waals surface area contributed by atoms with Crippen molar-refractivity contribution in [2.24, 2.45) is 7.05 Å². The summed E-state index contributed by atoms with van der Waals surface area (Å²) in [5, 5.41) is 1.99. The topological polar surface area (TPSA) is 38.4 Å². The van der Waals surface area contributed by atoms with Gasteiger partial charge >= 0.3 is 0 Å². The molecule has 0 amide bonds. The second-order valence-corrected chi connectivity index (χ2v) is 10.7. The van der Waals surface area contributed by atoms with Crippen molar-refractivity contribution in [3.05, 3.63) is 83.9 Å². The molecule has 3 heterocycles. The van der Waals surface area contributed by atoms with Crippen molar-refractivity contribution in [2.45, 2.75) is 11.6 Å². The highest BCUT2D eigenvalue weighted by Gasteiger charge is 2.20. The highest BCUT2D eigenvalue weighted by Crippen LogP contribution is 2.44. The van der Waals surface area contributed by atoms with E-state index in [1.807, 2.05) is 49.0 Å². The minimum atomic E-state index is -0.267. The molecular weight excluding hydrogens is 477 g/mol. The molecule has 5 nitrogen and oxygen atoms in total. The standard InChI is InChI=1S/C24H21FN3O2S3/c1-26-16-6-4-5-7-18(16)31-21(26)11-10-20-24(29)28(14-30-3)23(33-20)13-22-27(2)17-12-15(25)8-9-19(17)32-22/h4-13H,14H2,1-3H3/q+1. The number of nitrogens with zero attached hydrogens (tertiary/aromatic N) is 3. The molecule has 2 aromatic carbocycles. The van der Waals surface area contributed by atoms with E-state index in [0.29, 0.717) is 4.53 Å². The van der Waals surface area contributed by atoms with Gasteiger partial charge in [-0.3, -0.25) is 9.36 Å². The van der Waals surface area contributed by atoms with E-state index in [2.05, 4.69) is 17.0 Å². The van der Waals surface area contributed by atoms with Crippen LogP contribution in [-0.2, 0) is 18.5 Å². The largest absolute Gasteiger partial charge is 0.364 e. The number of thiazole rings is 2. The molecule has 0 aliphatic carbocycles. The molecule has 0 bridgehead atoms. The molecule has 1 aliphatic heterocycles. The summed E-state index contributed by atoms with van der Waals surface area (Å²) >= 11 is 4.66. The van der Waals surface area contributed by atoms with Gasteiger partial charge in [-0.15, -0.1) is 11.3 Å². The van der Waals surface area contributed by atoms with Crippen LogP contribution in [0.2, 0.25) is 0 Å². The Morgan fingerprint density at radius 3 is 2.76 bits per heavy atom. The number of hydrogen-bond donors (Lipinski definition) is 0. The first kappa shape index (κ1) is 22.1. The van der Waals surface area contributed by atoms with Crippen LogP contribution in [0.25, 0.3) is 22.4 Å². The first-order chi connectivity index (χ1) is 16.0. The Bertz CT molecular complexity index is 1580. The molecule has 0 atom stereocenters. The van der Waals surface area contributed by atoms with Crippen LogP contribution in [0, 0.1) is 5.82 Å². The Morgan fingerprint density at radius 1 is 1.15 bits per heavy atom. The van der Waals surface area contributed by atoms with Gasteiger partial charge in [-0.1, -0.05) is 35.2 Å². The SMILES string of the molecule is COCn1c(=Cc2sc3ccc(F)cc3[n+]2C)sc(=CC=C2Sc3ccccc3N2C)c1=O. The van der Waals surface area contributed by atoms with Crippen molar-refractivity contribution in [1.29, 1.82) is 0 Å². The first-order valence-corrected chi connectivity index (χ1v) is 12.6. The molecule has 168 valence electrons. The maximum Gasteiger partial charge on any atom is 0.270 e. The van der Waals surface area contributed by atoms with Crippen LogP contribution in [0.3, 0.4) is 0 Å². The molecule has 2 aromatic heterocycles. The van der Waals surface area contributed by atoms with Crippen LogP contribution in [-0.4, -0.2) is 18.7 Å². The van der Waals surface area contributed by atoms with Crippen LogP contribution < -0.4 is 24.2 Å². The Hall–Kier alpha value is -2.72. The Labute approximate surface area is 202 Å². The molecule has 0 N–H and O–H groups in total. The predicted molar refractivity (Wildman–Crippen MR) is 135 cm³/mol. The summed E-state index contributed by atoms with van der Waals surface area (Å²) in [6.45, 7) is 0.162. The smallest absolute Gasteiger partial charge is 0.270 e. The van der Waals surface area contributed by atoms with Crippen molar-refractivity contribution in [3.63, 3.8) is 0 Å². The van der Waals surface area contributed by atoms with Crippen LogP contribution in [0.15, 0.2) is 63.3 Å². The zero-order valence-corrected chi connectivity index (χ0v) is 20.7. The van der Waals surface area contributed by atoms with Crippen LogP contribution in [0.1, 0.15) is 5.01 Å². The van der Waals surface area contributed by atoms with Crippen molar-refractivity contribution >= 4 is 62.5 Å². The average molecular weight is 499 g/mol. The lowest BCUT2D eigenvalue weighted by molar-refractivity contribution is -0.642. The number of fused-ring (bicyclic) bond motifs is 2. The number of allylic oxidation sites excluding steroid dienone is 1. The summed E-state index contributed by atoms with van der Waals surface area (Å²) < 4.78 is 25.0.